The number of halogens is 1. The Morgan fingerprint density at radius 1 is 1.20 bits per heavy atom. The molecule has 1 aromatic heterocycles. The second-order valence-electron chi connectivity index (χ2n) is 7.66. The Kier molecular flexibility index (Phi) is 6.07. The molecule has 8 nitrogen and oxygen atoms in total. The number of nitro benzene ring substituents is 1. The third-order valence-corrected chi connectivity index (χ3v) is 4.60. The first-order valence-corrected chi connectivity index (χ1v) is 9.53. The summed E-state index contributed by atoms with van der Waals surface area (Å²) in [5, 5.41) is 18.0. The smallest absolute Gasteiger partial charge is 0.294 e. The van der Waals surface area contributed by atoms with E-state index in [0.717, 1.165) is 0 Å². The highest BCUT2D eigenvalue weighted by Crippen LogP contribution is 2.28. The Bertz CT molecular complexity index is 1070. The molecular weight excluding hydrogens is 408 g/mol. The lowest BCUT2D eigenvalue weighted by atomic mass is 9.87. The van der Waals surface area contributed by atoms with E-state index in [4.69, 9.17) is 16.3 Å². The summed E-state index contributed by atoms with van der Waals surface area (Å²) in [6, 6.07) is 13.3. The molecule has 0 aliphatic heterocycles. The molecule has 156 valence electrons. The van der Waals surface area contributed by atoms with Gasteiger partial charge in [-0.25, -0.2) is 4.68 Å². The lowest BCUT2D eigenvalue weighted by molar-refractivity contribution is -0.383. The van der Waals surface area contributed by atoms with Gasteiger partial charge in [-0.3, -0.25) is 14.9 Å². The maximum atomic E-state index is 12.4. The maximum Gasteiger partial charge on any atom is 0.294 e. The molecular formula is C21H21ClN4O4. The van der Waals surface area contributed by atoms with Crippen LogP contribution in [-0.4, -0.2) is 20.6 Å². The molecule has 0 fully saturated rings. The van der Waals surface area contributed by atoms with Crippen LogP contribution in [0.1, 0.15) is 36.8 Å². The number of nitro groups is 1. The maximum absolute atomic E-state index is 12.4. The van der Waals surface area contributed by atoms with Crippen molar-refractivity contribution in [2.75, 3.05) is 5.32 Å². The molecule has 0 atom stereocenters. The molecule has 30 heavy (non-hydrogen) atoms. The summed E-state index contributed by atoms with van der Waals surface area (Å²) >= 11 is 5.79. The number of ether oxygens (including phenoxy) is 1. The van der Waals surface area contributed by atoms with E-state index >= 15 is 0 Å². The van der Waals surface area contributed by atoms with Crippen molar-refractivity contribution in [3.8, 4) is 5.75 Å². The second kappa shape index (κ2) is 8.54. The van der Waals surface area contributed by atoms with Crippen LogP contribution >= 0.6 is 11.6 Å². The van der Waals surface area contributed by atoms with Gasteiger partial charge in [0, 0.05) is 17.3 Å². The predicted octanol–water partition coefficient (Wildman–Crippen LogP) is 5.03. The van der Waals surface area contributed by atoms with Crippen LogP contribution in [0.15, 0.2) is 54.7 Å². The zero-order valence-electron chi connectivity index (χ0n) is 16.8. The van der Waals surface area contributed by atoms with Crippen molar-refractivity contribution in [1.29, 1.82) is 0 Å². The number of carbonyl (C=O) groups excluding carboxylic acids is 1. The monoisotopic (exact) mass is 428 g/mol. The SMILES string of the molecule is CC(C)(C)c1ccc(OCn2ccc(C(=O)Nc3ccc(Cl)cc3[N+](=O)[O-])n2)cc1. The van der Waals surface area contributed by atoms with Crippen LogP contribution < -0.4 is 10.1 Å². The molecule has 1 amide bonds. The summed E-state index contributed by atoms with van der Waals surface area (Å²) in [6.45, 7) is 6.52. The van der Waals surface area contributed by atoms with Crippen LogP contribution in [0.25, 0.3) is 0 Å². The number of anilines is 1. The number of hydrogen-bond acceptors (Lipinski definition) is 5. The van der Waals surface area contributed by atoms with Gasteiger partial charge in [-0.1, -0.05) is 44.5 Å². The summed E-state index contributed by atoms with van der Waals surface area (Å²) < 4.78 is 7.16. The summed E-state index contributed by atoms with van der Waals surface area (Å²) in [5.41, 5.74) is 1.11. The Labute approximate surface area is 178 Å². The Morgan fingerprint density at radius 3 is 2.53 bits per heavy atom. The Hall–Kier alpha value is -3.39. The average molecular weight is 429 g/mol. The van der Waals surface area contributed by atoms with Crippen LogP contribution in [0.5, 0.6) is 5.75 Å². The molecule has 0 radical (unpaired) electrons. The fraction of sp³-hybridized carbons (Fsp3) is 0.238. The zero-order chi connectivity index (χ0) is 21.9. The van der Waals surface area contributed by atoms with Crippen LogP contribution in [-0.2, 0) is 12.1 Å². The molecule has 0 unspecified atom stereocenters. The van der Waals surface area contributed by atoms with E-state index < -0.39 is 10.8 Å². The summed E-state index contributed by atoms with van der Waals surface area (Å²) in [4.78, 5) is 22.9. The van der Waals surface area contributed by atoms with Crippen molar-refractivity contribution < 1.29 is 14.5 Å². The molecule has 1 heterocycles. The van der Waals surface area contributed by atoms with E-state index in [1.54, 1.807) is 6.20 Å². The highest BCUT2D eigenvalue weighted by Gasteiger charge is 2.18. The number of aromatic nitrogens is 2. The molecule has 0 saturated carbocycles. The van der Waals surface area contributed by atoms with Crippen molar-refractivity contribution in [2.45, 2.75) is 32.9 Å². The van der Waals surface area contributed by atoms with E-state index in [1.165, 1.54) is 34.5 Å². The molecule has 9 heteroatoms. The van der Waals surface area contributed by atoms with Crippen LogP contribution in [0.3, 0.4) is 0 Å². The largest absolute Gasteiger partial charge is 0.471 e. The second-order valence-corrected chi connectivity index (χ2v) is 8.10. The van der Waals surface area contributed by atoms with Gasteiger partial charge in [0.15, 0.2) is 12.4 Å². The number of rotatable bonds is 6. The number of benzene rings is 2. The van der Waals surface area contributed by atoms with Gasteiger partial charge in [0.25, 0.3) is 11.6 Å². The van der Waals surface area contributed by atoms with Crippen molar-refractivity contribution in [3.05, 3.63) is 81.1 Å². The van der Waals surface area contributed by atoms with Gasteiger partial charge in [-0.05, 0) is 41.3 Å². The molecule has 3 rings (SSSR count). The van der Waals surface area contributed by atoms with Gasteiger partial charge < -0.3 is 10.1 Å². The molecule has 0 aliphatic rings. The number of nitrogens with zero attached hydrogens (tertiary/aromatic N) is 3. The topological polar surface area (TPSA) is 99.3 Å². The summed E-state index contributed by atoms with van der Waals surface area (Å²) in [7, 11) is 0. The third kappa shape index (κ3) is 5.15. The van der Waals surface area contributed by atoms with Gasteiger partial charge in [0.1, 0.15) is 11.4 Å². The van der Waals surface area contributed by atoms with Gasteiger partial charge >= 0.3 is 0 Å². The van der Waals surface area contributed by atoms with E-state index in [9.17, 15) is 14.9 Å². The first kappa shape index (κ1) is 21.3. The van der Waals surface area contributed by atoms with Crippen LogP contribution in [0.4, 0.5) is 11.4 Å². The zero-order valence-corrected chi connectivity index (χ0v) is 17.5. The van der Waals surface area contributed by atoms with E-state index in [-0.39, 0.29) is 34.2 Å². The van der Waals surface area contributed by atoms with Crippen molar-refractivity contribution in [3.63, 3.8) is 0 Å². The average Bonchev–Trinajstić information content (AvgIpc) is 3.16. The first-order chi connectivity index (χ1) is 14.1. The van der Waals surface area contributed by atoms with Crippen LogP contribution in [0, 0.1) is 10.1 Å². The van der Waals surface area contributed by atoms with Gasteiger partial charge in [0.2, 0.25) is 0 Å². The lowest BCUT2D eigenvalue weighted by Gasteiger charge is -2.19. The standard InChI is InChI=1S/C21H21ClN4O4/c1-21(2,3)14-4-7-16(8-5-14)30-13-25-11-10-18(24-25)20(27)23-17-9-6-15(22)12-19(17)26(28)29/h4-12H,13H2,1-3H3,(H,23,27). The third-order valence-electron chi connectivity index (χ3n) is 4.36. The van der Waals surface area contributed by atoms with E-state index in [1.807, 2.05) is 24.3 Å². The number of carbonyl (C=O) groups is 1. The van der Waals surface area contributed by atoms with E-state index in [0.29, 0.717) is 5.75 Å². The highest BCUT2D eigenvalue weighted by atomic mass is 35.5. The number of nitrogens with one attached hydrogen (secondary N) is 1. The Balaban J connectivity index is 1.64. The minimum Gasteiger partial charge on any atom is -0.471 e. The van der Waals surface area contributed by atoms with Gasteiger partial charge in [-0.15, -0.1) is 0 Å². The molecule has 2 aromatic carbocycles. The van der Waals surface area contributed by atoms with Crippen molar-refractivity contribution in [1.82, 2.24) is 9.78 Å². The predicted molar refractivity (Wildman–Crippen MR) is 114 cm³/mol. The molecule has 0 aliphatic carbocycles. The lowest BCUT2D eigenvalue weighted by Crippen LogP contribution is -2.15. The fourth-order valence-corrected chi connectivity index (χ4v) is 2.86. The number of hydrogen-bond donors (Lipinski definition) is 1. The molecule has 1 N–H and O–H groups in total. The van der Waals surface area contributed by atoms with E-state index in [2.05, 4.69) is 31.2 Å². The van der Waals surface area contributed by atoms with Gasteiger partial charge in [-0.2, -0.15) is 5.10 Å². The minimum absolute atomic E-state index is 0.0409. The molecule has 0 bridgehead atoms. The van der Waals surface area contributed by atoms with Gasteiger partial charge in [0.05, 0.1) is 4.92 Å². The molecule has 0 saturated heterocycles. The molecule has 0 spiro atoms. The van der Waals surface area contributed by atoms with Crippen LogP contribution in [0.2, 0.25) is 5.02 Å². The quantitative estimate of drug-likeness (QED) is 0.438. The van der Waals surface area contributed by atoms with Crippen molar-refractivity contribution in [2.24, 2.45) is 0 Å². The summed E-state index contributed by atoms with van der Waals surface area (Å²) in [6.07, 6.45) is 1.59. The highest BCUT2D eigenvalue weighted by molar-refractivity contribution is 6.31. The Morgan fingerprint density at radius 2 is 1.90 bits per heavy atom. The summed E-state index contributed by atoms with van der Waals surface area (Å²) in [5.74, 6) is 0.106. The normalized spacial score (nSPS) is 11.2. The molecule has 3 aromatic rings. The van der Waals surface area contributed by atoms with Crippen molar-refractivity contribution >= 4 is 28.9 Å². The first-order valence-electron chi connectivity index (χ1n) is 9.15. The minimum atomic E-state index is -0.612. The fourth-order valence-electron chi connectivity index (χ4n) is 2.69. The number of amides is 1.